The van der Waals surface area contributed by atoms with Gasteiger partial charge in [-0.3, -0.25) is 0 Å². The predicted octanol–water partition coefficient (Wildman–Crippen LogP) is 5.43. The topological polar surface area (TPSA) is 44.5 Å². The van der Waals surface area contributed by atoms with Gasteiger partial charge in [-0.1, -0.05) is 35.3 Å². The molecule has 3 nitrogen and oxygen atoms in total. The zero-order valence-corrected chi connectivity index (χ0v) is 14.4. The second-order valence-electron chi connectivity index (χ2n) is 4.39. The van der Waals surface area contributed by atoms with Crippen molar-refractivity contribution in [2.45, 2.75) is 25.7 Å². The van der Waals surface area contributed by atoms with Crippen molar-refractivity contribution in [3.8, 4) is 0 Å². The third-order valence-corrected chi connectivity index (χ3v) is 4.02. The van der Waals surface area contributed by atoms with E-state index in [2.05, 4.69) is 29.1 Å². The van der Waals surface area contributed by atoms with Gasteiger partial charge in [0.25, 0.3) is 0 Å². The Hall–Kier alpha value is -0.750. The number of benzene rings is 2. The fraction of sp³-hybridized carbons (Fsp3) is 0.200. The maximum atomic E-state index is 5.75. The van der Waals surface area contributed by atoms with Crippen LogP contribution in [0.25, 0.3) is 0 Å². The molecule has 0 aliphatic heterocycles. The fourth-order valence-electron chi connectivity index (χ4n) is 1.42. The minimum absolute atomic E-state index is 0.656. The molecule has 0 aliphatic carbocycles. The average molecular weight is 346 g/mol. The van der Waals surface area contributed by atoms with Crippen LogP contribution in [0.4, 0.5) is 0 Å². The molecule has 0 unspecified atom stereocenters. The lowest BCUT2D eigenvalue weighted by molar-refractivity contribution is -0.195. The number of rotatable bonds is 3. The highest BCUT2D eigenvalue weighted by Crippen LogP contribution is 2.26. The summed E-state index contributed by atoms with van der Waals surface area (Å²) in [5.41, 5.74) is 3.60. The first-order chi connectivity index (χ1) is 9.93. The smallest absolute Gasteiger partial charge is 0.0706 e. The maximum Gasteiger partial charge on any atom is 0.0706 e. The van der Waals surface area contributed by atoms with Crippen molar-refractivity contribution in [1.29, 1.82) is 0 Å². The number of hydrogen-bond donors (Lipinski definition) is 1. The maximum absolute atomic E-state index is 5.75. The highest BCUT2D eigenvalue weighted by molar-refractivity contribution is 7.94. The van der Waals surface area contributed by atoms with Crippen molar-refractivity contribution in [3.63, 3.8) is 0 Å². The van der Waals surface area contributed by atoms with Crippen molar-refractivity contribution >= 4 is 35.2 Å². The third kappa shape index (κ3) is 6.70. The summed E-state index contributed by atoms with van der Waals surface area (Å²) in [6.45, 7) is 6.07. The molecule has 0 fully saturated rings. The molecule has 0 radical (unpaired) electrons. The van der Waals surface area contributed by atoms with E-state index < -0.39 is 0 Å². The molecule has 0 aromatic heterocycles. The number of aryl methyl sites for hydroxylation is 3. The van der Waals surface area contributed by atoms with Crippen LogP contribution in [0.3, 0.4) is 0 Å². The van der Waals surface area contributed by atoms with Gasteiger partial charge in [-0.15, -0.1) is 9.32 Å². The lowest BCUT2D eigenvalue weighted by atomic mass is 10.1. The lowest BCUT2D eigenvalue weighted by Gasteiger charge is -2.02. The lowest BCUT2D eigenvalue weighted by Crippen LogP contribution is -1.94. The Labute approximate surface area is 139 Å². The molecule has 0 aliphatic rings. The van der Waals surface area contributed by atoms with E-state index in [0.717, 1.165) is 27.5 Å². The monoisotopic (exact) mass is 345 g/mol. The van der Waals surface area contributed by atoms with E-state index in [1.807, 2.05) is 37.3 Å². The minimum Gasteiger partial charge on any atom is -0.182 e. The molecule has 0 atom stereocenters. The summed E-state index contributed by atoms with van der Waals surface area (Å²) in [5.74, 6) is 4.69. The van der Waals surface area contributed by atoms with E-state index in [4.69, 9.17) is 23.2 Å². The van der Waals surface area contributed by atoms with Gasteiger partial charge in [-0.2, -0.15) is 5.90 Å². The van der Waals surface area contributed by atoms with Crippen LogP contribution in [-0.4, -0.2) is 0 Å². The van der Waals surface area contributed by atoms with Crippen molar-refractivity contribution in [3.05, 3.63) is 63.1 Å². The zero-order chi connectivity index (χ0) is 15.8. The second-order valence-corrected chi connectivity index (χ2v) is 6.00. The largest absolute Gasteiger partial charge is 0.182 e. The summed E-state index contributed by atoms with van der Waals surface area (Å²) in [7, 11) is 0. The van der Waals surface area contributed by atoms with Gasteiger partial charge >= 0.3 is 0 Å². The van der Waals surface area contributed by atoms with Crippen LogP contribution in [0.1, 0.15) is 16.7 Å². The van der Waals surface area contributed by atoms with Crippen LogP contribution in [-0.2, 0) is 9.32 Å². The Morgan fingerprint density at radius 1 is 0.857 bits per heavy atom. The number of halogens is 2. The van der Waals surface area contributed by atoms with Crippen molar-refractivity contribution in [2.24, 2.45) is 5.90 Å². The van der Waals surface area contributed by atoms with Gasteiger partial charge in [0.1, 0.15) is 0 Å². The summed E-state index contributed by atoms with van der Waals surface area (Å²) in [6.07, 6.45) is 0. The van der Waals surface area contributed by atoms with Gasteiger partial charge in [-0.05, 0) is 61.7 Å². The first-order valence-electron chi connectivity index (χ1n) is 6.13. The molecular formula is C15H17Cl2NO2S. The standard InChI is InChI=1S/C8H9Cl.C7H8ClNO2S/c1-6-3-4-8(9)5-7(6)2;1-5-2-3-6(8)4-7(5)12-11-10-9/h3-5H,1-2H3;2-4H,9H2,1H3. The first-order valence-corrected chi connectivity index (χ1v) is 7.62. The highest BCUT2D eigenvalue weighted by Gasteiger charge is 2.00. The van der Waals surface area contributed by atoms with Crippen LogP contribution in [0.15, 0.2) is 41.3 Å². The Morgan fingerprint density at radius 2 is 1.43 bits per heavy atom. The molecule has 6 heteroatoms. The molecule has 0 bridgehead atoms. The van der Waals surface area contributed by atoms with Crippen LogP contribution >= 0.6 is 35.2 Å². The molecule has 0 saturated carbocycles. The molecule has 2 N–H and O–H groups in total. The van der Waals surface area contributed by atoms with Gasteiger partial charge in [0.15, 0.2) is 0 Å². The van der Waals surface area contributed by atoms with E-state index in [1.165, 1.54) is 11.1 Å². The number of hydrogen-bond acceptors (Lipinski definition) is 4. The Bertz CT molecular complexity index is 594. The van der Waals surface area contributed by atoms with Crippen molar-refractivity contribution in [2.75, 3.05) is 0 Å². The highest BCUT2D eigenvalue weighted by atomic mass is 35.5. The quantitative estimate of drug-likeness (QED) is 0.457. The molecule has 114 valence electrons. The molecule has 0 saturated heterocycles. The van der Waals surface area contributed by atoms with Crippen LogP contribution in [0.2, 0.25) is 10.0 Å². The van der Waals surface area contributed by atoms with Gasteiger partial charge in [0, 0.05) is 14.9 Å². The van der Waals surface area contributed by atoms with E-state index in [9.17, 15) is 0 Å². The SMILES string of the molecule is Cc1ccc(Cl)cc1C.Cc1ccc(Cl)cc1SOON. The van der Waals surface area contributed by atoms with Crippen molar-refractivity contribution < 1.29 is 9.32 Å². The molecule has 2 aromatic carbocycles. The van der Waals surface area contributed by atoms with Gasteiger partial charge in [0.2, 0.25) is 0 Å². The molecule has 0 amide bonds. The van der Waals surface area contributed by atoms with E-state index in [0.29, 0.717) is 5.02 Å². The second kappa shape index (κ2) is 9.30. The van der Waals surface area contributed by atoms with Gasteiger partial charge in [-0.25, -0.2) is 0 Å². The first kappa shape index (κ1) is 18.3. The molecule has 0 spiro atoms. The summed E-state index contributed by atoms with van der Waals surface area (Å²) >= 11 is 12.5. The average Bonchev–Trinajstić information content (AvgIpc) is 2.45. The van der Waals surface area contributed by atoms with E-state index in [-0.39, 0.29) is 0 Å². The normalized spacial score (nSPS) is 10.0. The van der Waals surface area contributed by atoms with Crippen LogP contribution in [0, 0.1) is 20.8 Å². The van der Waals surface area contributed by atoms with Gasteiger partial charge < -0.3 is 0 Å². The third-order valence-electron chi connectivity index (χ3n) is 2.78. The Kier molecular flexibility index (Phi) is 8.11. The molecule has 2 rings (SSSR count). The molecule has 2 aromatic rings. The molecular weight excluding hydrogens is 329 g/mol. The van der Waals surface area contributed by atoms with Crippen LogP contribution in [0.5, 0.6) is 0 Å². The minimum atomic E-state index is 0.656. The fourth-order valence-corrected chi connectivity index (χ4v) is 2.38. The Balaban J connectivity index is 0.000000219. The van der Waals surface area contributed by atoms with E-state index in [1.54, 1.807) is 6.07 Å². The summed E-state index contributed by atoms with van der Waals surface area (Å²) in [6, 6.07) is 11.4. The number of nitrogens with two attached hydrogens (primary N) is 1. The van der Waals surface area contributed by atoms with Crippen LogP contribution < -0.4 is 5.90 Å². The van der Waals surface area contributed by atoms with E-state index >= 15 is 0 Å². The zero-order valence-electron chi connectivity index (χ0n) is 12.0. The summed E-state index contributed by atoms with van der Waals surface area (Å²) in [4.78, 5) is 4.84. The molecule has 0 heterocycles. The summed E-state index contributed by atoms with van der Waals surface area (Å²) in [5, 5.41) is 1.47. The predicted molar refractivity (Wildman–Crippen MR) is 89.3 cm³/mol. The molecule has 21 heavy (non-hydrogen) atoms. The Morgan fingerprint density at radius 3 is 1.95 bits per heavy atom. The van der Waals surface area contributed by atoms with Crippen molar-refractivity contribution in [1.82, 2.24) is 0 Å². The summed E-state index contributed by atoms with van der Waals surface area (Å²) < 4.78 is 4.49. The van der Waals surface area contributed by atoms with Gasteiger partial charge in [0.05, 0.1) is 12.0 Å².